The molecule has 0 unspecified atom stereocenters. The monoisotopic (exact) mass is 274 g/mol. The van der Waals surface area contributed by atoms with Crippen molar-refractivity contribution in [2.75, 3.05) is 11.4 Å². The fourth-order valence-electron chi connectivity index (χ4n) is 1.71. The molecular formula is C10H9BrF2N2. The summed E-state index contributed by atoms with van der Waals surface area (Å²) >= 11 is 3.12. The molecule has 0 aromatic heterocycles. The van der Waals surface area contributed by atoms with Crippen LogP contribution in [0.15, 0.2) is 16.6 Å². The van der Waals surface area contributed by atoms with E-state index in [1.807, 2.05) is 0 Å². The second kappa shape index (κ2) is 3.89. The Bertz CT molecular complexity index is 397. The maximum absolute atomic E-state index is 13.5. The minimum absolute atomic E-state index is 0.263. The number of nitrogens with zero attached hydrogens (tertiary/aromatic N) is 1. The number of halogens is 3. The molecule has 1 N–H and O–H groups in total. The van der Waals surface area contributed by atoms with E-state index in [1.54, 1.807) is 4.90 Å². The van der Waals surface area contributed by atoms with Gasteiger partial charge in [0.05, 0.1) is 5.69 Å². The van der Waals surface area contributed by atoms with E-state index in [4.69, 9.17) is 5.41 Å². The van der Waals surface area contributed by atoms with Gasteiger partial charge in [0.1, 0.15) is 11.7 Å². The SMILES string of the molecule is N=C1CCCN1c1c(F)cc(F)cc1Br. The van der Waals surface area contributed by atoms with E-state index in [-0.39, 0.29) is 5.69 Å². The van der Waals surface area contributed by atoms with Gasteiger partial charge in [-0.3, -0.25) is 5.41 Å². The third kappa shape index (κ3) is 1.88. The first kappa shape index (κ1) is 10.5. The highest BCUT2D eigenvalue weighted by Crippen LogP contribution is 2.33. The molecule has 1 aliphatic heterocycles. The summed E-state index contributed by atoms with van der Waals surface area (Å²) in [6, 6.07) is 2.05. The van der Waals surface area contributed by atoms with E-state index in [9.17, 15) is 8.78 Å². The topological polar surface area (TPSA) is 27.1 Å². The lowest BCUT2D eigenvalue weighted by Crippen LogP contribution is -2.24. The molecule has 0 amide bonds. The number of benzene rings is 1. The number of anilines is 1. The zero-order valence-corrected chi connectivity index (χ0v) is 9.44. The summed E-state index contributed by atoms with van der Waals surface area (Å²) in [5.41, 5.74) is 0.263. The van der Waals surface area contributed by atoms with Gasteiger partial charge in [-0.2, -0.15) is 0 Å². The summed E-state index contributed by atoms with van der Waals surface area (Å²) in [4.78, 5) is 1.57. The molecule has 1 saturated heterocycles. The van der Waals surface area contributed by atoms with Crippen LogP contribution >= 0.6 is 15.9 Å². The molecule has 5 heteroatoms. The first-order chi connectivity index (χ1) is 7.09. The molecule has 15 heavy (non-hydrogen) atoms. The molecule has 1 fully saturated rings. The van der Waals surface area contributed by atoms with Crippen molar-refractivity contribution in [2.45, 2.75) is 12.8 Å². The molecule has 1 aromatic carbocycles. The predicted molar refractivity (Wildman–Crippen MR) is 58.4 cm³/mol. The van der Waals surface area contributed by atoms with Crippen molar-refractivity contribution in [2.24, 2.45) is 0 Å². The Labute approximate surface area is 94.5 Å². The van der Waals surface area contributed by atoms with Crippen molar-refractivity contribution in [1.82, 2.24) is 0 Å². The van der Waals surface area contributed by atoms with Crippen LogP contribution < -0.4 is 4.90 Å². The third-order valence-electron chi connectivity index (χ3n) is 2.37. The van der Waals surface area contributed by atoms with Gasteiger partial charge in [-0.25, -0.2) is 8.78 Å². The molecule has 0 bridgehead atoms. The van der Waals surface area contributed by atoms with Crippen molar-refractivity contribution in [3.63, 3.8) is 0 Å². The van der Waals surface area contributed by atoms with Crippen molar-refractivity contribution < 1.29 is 8.78 Å². The van der Waals surface area contributed by atoms with Gasteiger partial charge >= 0.3 is 0 Å². The first-order valence-electron chi connectivity index (χ1n) is 4.59. The largest absolute Gasteiger partial charge is 0.327 e. The van der Waals surface area contributed by atoms with Gasteiger partial charge in [-0.15, -0.1) is 0 Å². The molecular weight excluding hydrogens is 266 g/mol. The summed E-state index contributed by atoms with van der Waals surface area (Å²) in [5.74, 6) is -0.872. The fraction of sp³-hybridized carbons (Fsp3) is 0.300. The van der Waals surface area contributed by atoms with Crippen LogP contribution in [0.5, 0.6) is 0 Å². The summed E-state index contributed by atoms with van der Waals surface area (Å²) in [6.45, 7) is 0.611. The van der Waals surface area contributed by atoms with Crippen molar-refractivity contribution in [3.05, 3.63) is 28.2 Å². The number of hydrogen-bond donors (Lipinski definition) is 1. The minimum Gasteiger partial charge on any atom is -0.327 e. The van der Waals surface area contributed by atoms with Crippen LogP contribution in [0.25, 0.3) is 0 Å². The molecule has 0 atom stereocenters. The van der Waals surface area contributed by atoms with Gasteiger partial charge in [0, 0.05) is 23.5 Å². The maximum atomic E-state index is 13.5. The van der Waals surface area contributed by atoms with E-state index >= 15 is 0 Å². The smallest absolute Gasteiger partial charge is 0.150 e. The summed E-state index contributed by atoms with van der Waals surface area (Å²) in [7, 11) is 0. The second-order valence-corrected chi connectivity index (χ2v) is 4.27. The highest BCUT2D eigenvalue weighted by Gasteiger charge is 2.24. The zero-order chi connectivity index (χ0) is 11.0. The van der Waals surface area contributed by atoms with E-state index in [0.29, 0.717) is 23.3 Å². The molecule has 0 spiro atoms. The molecule has 0 radical (unpaired) electrons. The van der Waals surface area contributed by atoms with Gasteiger partial charge < -0.3 is 4.90 Å². The number of nitrogens with one attached hydrogen (secondary N) is 1. The van der Waals surface area contributed by atoms with Gasteiger partial charge in [-0.05, 0) is 28.4 Å². The van der Waals surface area contributed by atoms with Crippen LogP contribution in [0, 0.1) is 17.0 Å². The Morgan fingerprint density at radius 2 is 2.07 bits per heavy atom. The average Bonchev–Trinajstić information content (AvgIpc) is 2.50. The molecule has 1 heterocycles. The zero-order valence-electron chi connectivity index (χ0n) is 7.86. The van der Waals surface area contributed by atoms with Crippen LogP contribution in [-0.4, -0.2) is 12.4 Å². The average molecular weight is 275 g/mol. The van der Waals surface area contributed by atoms with E-state index < -0.39 is 11.6 Å². The highest BCUT2D eigenvalue weighted by atomic mass is 79.9. The lowest BCUT2D eigenvalue weighted by atomic mass is 10.2. The predicted octanol–water partition coefficient (Wildman–Crippen LogP) is 3.30. The number of amidine groups is 1. The van der Waals surface area contributed by atoms with E-state index in [2.05, 4.69) is 15.9 Å². The molecule has 0 aliphatic carbocycles. The van der Waals surface area contributed by atoms with Crippen molar-refractivity contribution in [1.29, 1.82) is 5.41 Å². The third-order valence-corrected chi connectivity index (χ3v) is 2.98. The van der Waals surface area contributed by atoms with Crippen LogP contribution in [0.1, 0.15) is 12.8 Å². The summed E-state index contributed by atoms with van der Waals surface area (Å²) in [5, 5.41) is 7.64. The lowest BCUT2D eigenvalue weighted by Gasteiger charge is -2.20. The molecule has 0 saturated carbocycles. The van der Waals surface area contributed by atoms with Crippen LogP contribution in [0.2, 0.25) is 0 Å². The van der Waals surface area contributed by atoms with Crippen LogP contribution in [-0.2, 0) is 0 Å². The van der Waals surface area contributed by atoms with Gasteiger partial charge in [-0.1, -0.05) is 0 Å². The first-order valence-corrected chi connectivity index (χ1v) is 5.38. The Morgan fingerprint density at radius 3 is 2.60 bits per heavy atom. The van der Waals surface area contributed by atoms with Gasteiger partial charge in [0.25, 0.3) is 0 Å². The Morgan fingerprint density at radius 1 is 1.33 bits per heavy atom. The maximum Gasteiger partial charge on any atom is 0.150 e. The van der Waals surface area contributed by atoms with Gasteiger partial charge in [0.2, 0.25) is 0 Å². The normalized spacial score (nSPS) is 16.2. The van der Waals surface area contributed by atoms with Crippen LogP contribution in [0.3, 0.4) is 0 Å². The number of hydrogen-bond acceptors (Lipinski definition) is 1. The lowest BCUT2D eigenvalue weighted by molar-refractivity contribution is 0.581. The van der Waals surface area contributed by atoms with Crippen molar-refractivity contribution in [3.8, 4) is 0 Å². The van der Waals surface area contributed by atoms with Gasteiger partial charge in [0.15, 0.2) is 5.82 Å². The number of rotatable bonds is 1. The Kier molecular flexibility index (Phi) is 2.73. The van der Waals surface area contributed by atoms with Crippen molar-refractivity contribution >= 4 is 27.5 Å². The fourth-order valence-corrected chi connectivity index (χ4v) is 2.34. The molecule has 1 aliphatic rings. The molecule has 2 rings (SSSR count). The highest BCUT2D eigenvalue weighted by molar-refractivity contribution is 9.10. The van der Waals surface area contributed by atoms with E-state index in [1.165, 1.54) is 6.07 Å². The van der Waals surface area contributed by atoms with Crippen LogP contribution in [0.4, 0.5) is 14.5 Å². The Hall–Kier alpha value is -0.970. The molecule has 2 nitrogen and oxygen atoms in total. The quantitative estimate of drug-likeness (QED) is 0.836. The minimum atomic E-state index is -0.631. The van der Waals surface area contributed by atoms with E-state index in [0.717, 1.165) is 12.5 Å². The second-order valence-electron chi connectivity index (χ2n) is 3.42. The Balaban J connectivity index is 2.47. The summed E-state index contributed by atoms with van der Waals surface area (Å²) in [6.07, 6.45) is 1.48. The summed E-state index contributed by atoms with van der Waals surface area (Å²) < 4.78 is 26.7. The standard InChI is InChI=1S/C10H9BrF2N2/c11-7-4-6(12)5-8(13)10(7)15-3-1-2-9(15)14/h4-5,14H,1-3H2. The molecule has 1 aromatic rings. The molecule has 80 valence electrons.